The highest BCUT2D eigenvalue weighted by molar-refractivity contribution is 7.98. The van der Waals surface area contributed by atoms with Crippen LogP contribution >= 0.6 is 0 Å². The van der Waals surface area contributed by atoms with Crippen LogP contribution in [0, 0.1) is 38.2 Å². The lowest BCUT2D eigenvalue weighted by Crippen LogP contribution is -2.08. The molecular formula is C105H93F3S4+4. The van der Waals surface area contributed by atoms with Crippen LogP contribution in [0.2, 0.25) is 0 Å². The van der Waals surface area contributed by atoms with E-state index in [0.29, 0.717) is 16.8 Å². The van der Waals surface area contributed by atoms with E-state index >= 15 is 0 Å². The van der Waals surface area contributed by atoms with Crippen LogP contribution in [0.25, 0.3) is 0 Å². The predicted octanol–water partition coefficient (Wildman–Crippen LogP) is 27.9. The van der Waals surface area contributed by atoms with Crippen molar-refractivity contribution in [2.24, 2.45) is 0 Å². The number of aryl methyl sites for hydroxylation is 3. The van der Waals surface area contributed by atoms with Crippen LogP contribution in [-0.4, -0.2) is 11.5 Å². The summed E-state index contributed by atoms with van der Waals surface area (Å²) in [5.74, 6) is -0.854. The van der Waals surface area contributed by atoms with Crippen molar-refractivity contribution in [3.8, 4) is 0 Å². The molecule has 0 saturated heterocycles. The summed E-state index contributed by atoms with van der Waals surface area (Å²) in [6.45, 7) is 6.42. The Morgan fingerprint density at radius 2 is 0.384 bits per heavy atom. The van der Waals surface area contributed by atoms with Crippen molar-refractivity contribution in [2.45, 2.75) is 99.7 Å². The van der Waals surface area contributed by atoms with Crippen LogP contribution in [0.5, 0.6) is 0 Å². The summed E-state index contributed by atoms with van der Waals surface area (Å²) in [6, 6.07) is 153. The second-order valence-corrected chi connectivity index (χ2v) is 35.3. The molecule has 112 heavy (non-hydrogen) atoms. The van der Waals surface area contributed by atoms with Gasteiger partial charge in [-0.05, 0) is 212 Å². The maximum atomic E-state index is 13.2. The summed E-state index contributed by atoms with van der Waals surface area (Å²) in [5.41, 5.74) is 10.5. The molecule has 0 aromatic heterocycles. The highest BCUT2D eigenvalue weighted by Crippen LogP contribution is 2.41. The van der Waals surface area contributed by atoms with Gasteiger partial charge in [0.1, 0.15) is 29.0 Å². The molecule has 0 nitrogen and oxygen atoms in total. The molecule has 0 bridgehead atoms. The van der Waals surface area contributed by atoms with Gasteiger partial charge < -0.3 is 0 Å². The molecule has 0 N–H and O–H groups in total. The van der Waals surface area contributed by atoms with Gasteiger partial charge in [0.05, 0.1) is 43.6 Å². The lowest BCUT2D eigenvalue weighted by atomic mass is 9.85. The molecule has 16 aromatic rings. The van der Waals surface area contributed by atoms with Crippen LogP contribution in [0.4, 0.5) is 13.2 Å². The Kier molecular flexibility index (Phi) is 30.2. The first-order valence-electron chi connectivity index (χ1n) is 37.8. The van der Waals surface area contributed by atoms with Crippen molar-refractivity contribution in [1.29, 1.82) is 0 Å². The number of halogens is 3. The third-order valence-corrected chi connectivity index (χ3v) is 27.9. The van der Waals surface area contributed by atoms with E-state index in [9.17, 15) is 13.2 Å². The molecule has 1 fully saturated rings. The summed E-state index contributed by atoms with van der Waals surface area (Å²) in [5, 5.41) is 0.893. The third-order valence-electron chi connectivity index (χ3n) is 18.8. The molecule has 0 radical (unpaired) electrons. The second-order valence-electron chi connectivity index (χ2n) is 27.0. The smallest absolute Gasteiger partial charge is 0.166 e. The van der Waals surface area contributed by atoms with Crippen LogP contribution < -0.4 is 0 Å². The number of hydrogen-bond donors (Lipinski definition) is 0. The molecule has 1 aliphatic carbocycles. The summed E-state index contributed by atoms with van der Waals surface area (Å²) in [6.07, 6.45) is 5.06. The van der Waals surface area contributed by atoms with E-state index in [-0.39, 0.29) is 56.1 Å². The van der Waals surface area contributed by atoms with Gasteiger partial charge in [0.2, 0.25) is 0 Å². The summed E-state index contributed by atoms with van der Waals surface area (Å²) in [7, 11) is 0.457. The van der Waals surface area contributed by atoms with Crippen LogP contribution in [-0.2, 0) is 43.6 Å². The molecule has 0 heterocycles. The van der Waals surface area contributed by atoms with Gasteiger partial charge in [0, 0.05) is 24.7 Å². The maximum absolute atomic E-state index is 13.2. The van der Waals surface area contributed by atoms with E-state index in [4.69, 9.17) is 0 Å². The molecule has 7 heteroatoms. The lowest BCUT2D eigenvalue weighted by molar-refractivity contribution is 0.625. The third kappa shape index (κ3) is 23.6. The minimum absolute atomic E-state index is 0.0146. The molecule has 0 unspecified atom stereocenters. The first-order chi connectivity index (χ1) is 55.0. The quantitative estimate of drug-likeness (QED) is 0.0630. The SMILES string of the molecule is C[S+](c1ccccc1)c1ccccc1.Cc1ccc([S+](c2ccc(C)cc2)c2ccc(C)cc2)cc1.Fc1ccc(C(c2ccc(F)cc2)c2ccc(F)cc2)cc1.c1ccc(C(c2ccccc2)c2ccccc2)cc1.c1ccc([S+](c2ccccc2)C2CC2)cc1.c1ccc([S+](c2ccccc2)c2ccccc2)cc1. The Morgan fingerprint density at radius 1 is 0.205 bits per heavy atom. The van der Waals surface area contributed by atoms with Crippen LogP contribution in [0.3, 0.4) is 0 Å². The van der Waals surface area contributed by atoms with Gasteiger partial charge in [-0.25, -0.2) is 13.2 Å². The van der Waals surface area contributed by atoms with E-state index in [2.05, 4.69) is 403 Å². The fourth-order valence-corrected chi connectivity index (χ4v) is 21.0. The molecule has 0 amide bonds. The van der Waals surface area contributed by atoms with Crippen LogP contribution in [0.1, 0.15) is 74.7 Å². The first-order valence-corrected chi connectivity index (χ1v) is 43.2. The zero-order chi connectivity index (χ0) is 77.5. The van der Waals surface area contributed by atoms with Crippen molar-refractivity contribution in [2.75, 3.05) is 6.26 Å². The van der Waals surface area contributed by atoms with E-state index < -0.39 is 0 Å². The van der Waals surface area contributed by atoms with Gasteiger partial charge >= 0.3 is 0 Å². The van der Waals surface area contributed by atoms with Crippen LogP contribution in [0.15, 0.2) is 498 Å². The largest absolute Gasteiger partial charge is 0.207 e. The average molecular weight is 1540 g/mol. The molecular weight excluding hydrogens is 1450 g/mol. The molecule has 0 aliphatic heterocycles. The van der Waals surface area contributed by atoms with E-state index in [1.54, 1.807) is 36.4 Å². The normalized spacial score (nSPS) is 11.4. The Morgan fingerprint density at radius 3 is 0.598 bits per heavy atom. The fourth-order valence-electron chi connectivity index (χ4n) is 12.9. The van der Waals surface area contributed by atoms with Crippen molar-refractivity contribution >= 4 is 43.6 Å². The molecule has 16 aromatic carbocycles. The Bertz CT molecular complexity index is 4550. The van der Waals surface area contributed by atoms with Gasteiger partial charge in [0.25, 0.3) is 0 Å². The predicted molar refractivity (Wildman–Crippen MR) is 470 cm³/mol. The Hall–Kier alpha value is -11.3. The average Bonchev–Trinajstić information content (AvgIpc) is 1.77. The summed E-state index contributed by atoms with van der Waals surface area (Å²) in [4.78, 5) is 14.0. The van der Waals surface area contributed by atoms with Crippen molar-refractivity contribution < 1.29 is 13.2 Å². The van der Waals surface area contributed by atoms with Crippen molar-refractivity contribution in [1.82, 2.24) is 0 Å². The van der Waals surface area contributed by atoms with Crippen molar-refractivity contribution in [3.05, 3.63) is 516 Å². The zero-order valence-electron chi connectivity index (χ0n) is 63.6. The molecule has 17 rings (SSSR count). The first kappa shape index (κ1) is 80.2. The number of rotatable bonds is 17. The topological polar surface area (TPSA) is 0 Å². The van der Waals surface area contributed by atoms with E-state index in [1.165, 1.54) is 132 Å². The monoisotopic (exact) mass is 1540 g/mol. The molecule has 0 atom stereocenters. The standard InChI is InChI=1S/C21H21S.C19H13F3.C19H16.C18H15S.C15H15S.C13H13S/c1-16-4-10-19(11-5-16)22(20-12-6-17(2)7-13-20)21-14-8-18(3)9-15-21;20-16-7-1-13(2-8-16)19(14-3-9-17(21)10-4-14)15-5-11-18(22)12-6-15;2*1-4-10-16(11-5-1)19(17-12-6-2-7-13-17)18-14-8-3-9-15-18;1-3-7-13(8-4-1)16(15-11-12-15)14-9-5-2-6-10-14;1-14(12-8-4-2-5-9-12)13-10-6-3-7-11-13/h4-15H,1-3H3;1-12,19H;1-15,19H;1-15H;1-10,15H,11-12H2;2-11H,1H3/q+1;;;3*+1. The molecule has 0 spiro atoms. The highest BCUT2D eigenvalue weighted by atomic mass is 32.2. The Balaban J connectivity index is 0.000000125. The molecule has 554 valence electrons. The number of benzene rings is 16. The second kappa shape index (κ2) is 42.2. The zero-order valence-corrected chi connectivity index (χ0v) is 66.9. The van der Waals surface area contributed by atoms with Gasteiger partial charge in [-0.15, -0.1) is 0 Å². The summed E-state index contributed by atoms with van der Waals surface area (Å²) < 4.78 is 39.5. The maximum Gasteiger partial charge on any atom is 0.166 e. The van der Waals surface area contributed by atoms with E-state index in [0.717, 1.165) is 21.9 Å². The van der Waals surface area contributed by atoms with Crippen molar-refractivity contribution in [3.63, 3.8) is 0 Å². The molecule has 1 saturated carbocycles. The van der Waals surface area contributed by atoms with Gasteiger partial charge in [-0.1, -0.05) is 308 Å². The minimum atomic E-state index is -0.319. The van der Waals surface area contributed by atoms with Gasteiger partial charge in [0.15, 0.2) is 49.0 Å². The van der Waals surface area contributed by atoms with Gasteiger partial charge in [-0.2, -0.15) is 0 Å². The highest BCUT2D eigenvalue weighted by Gasteiger charge is 2.43. The minimum Gasteiger partial charge on any atom is -0.207 e. The lowest BCUT2D eigenvalue weighted by Gasteiger charge is -2.19. The fraction of sp³-hybridized carbons (Fsp3) is 0.0857. The summed E-state index contributed by atoms with van der Waals surface area (Å²) >= 11 is 0. The van der Waals surface area contributed by atoms with Gasteiger partial charge in [-0.3, -0.25) is 0 Å². The Labute approximate surface area is 673 Å². The molecule has 1 aliphatic rings. The number of hydrogen-bond acceptors (Lipinski definition) is 0. The van der Waals surface area contributed by atoms with E-state index in [1.807, 2.05) is 0 Å².